The summed E-state index contributed by atoms with van der Waals surface area (Å²) in [6, 6.07) is 16.4. The fraction of sp³-hybridized carbons (Fsp3) is 0.130. The smallest absolute Gasteiger partial charge is 0.270 e. The molecule has 0 saturated carbocycles. The van der Waals surface area contributed by atoms with Crippen LogP contribution in [0, 0.1) is 10.1 Å². The highest BCUT2D eigenvalue weighted by Crippen LogP contribution is 2.38. The van der Waals surface area contributed by atoms with E-state index in [4.69, 9.17) is 28.2 Å². The van der Waals surface area contributed by atoms with Gasteiger partial charge in [-0.25, -0.2) is 0 Å². The van der Waals surface area contributed by atoms with Gasteiger partial charge in [0.05, 0.1) is 9.95 Å². The molecule has 2 aromatic carbocycles. The Bertz CT molecular complexity index is 1270. The average molecular weight is 468 g/mol. The van der Waals surface area contributed by atoms with E-state index in [1.54, 1.807) is 12.1 Å². The van der Waals surface area contributed by atoms with Gasteiger partial charge in [0, 0.05) is 34.7 Å². The van der Waals surface area contributed by atoms with E-state index >= 15 is 0 Å². The molecule has 0 saturated heterocycles. The summed E-state index contributed by atoms with van der Waals surface area (Å²) in [5.41, 5.74) is 2.33. The van der Waals surface area contributed by atoms with E-state index in [0.29, 0.717) is 38.5 Å². The number of carbonyl (C=O) groups is 1. The maximum atomic E-state index is 12.6. The van der Waals surface area contributed by atoms with E-state index in [0.717, 1.165) is 5.69 Å². The normalized spacial score (nSPS) is 16.2. The number of furan rings is 1. The number of hydrogen-bond donors (Lipinski definition) is 1. The van der Waals surface area contributed by atoms with Crippen LogP contribution in [0.25, 0.3) is 11.3 Å². The largest absolute Gasteiger partial charge is 0.458 e. The molecule has 9 heteroatoms. The third kappa shape index (κ3) is 3.90. The van der Waals surface area contributed by atoms with E-state index in [1.807, 2.05) is 42.2 Å². The molecule has 0 unspecified atom stereocenters. The second kappa shape index (κ2) is 8.57. The molecule has 1 aromatic heterocycles. The third-order valence-corrected chi connectivity index (χ3v) is 5.85. The number of ketones is 1. The number of para-hydroxylation sites is 1. The van der Waals surface area contributed by atoms with Crippen molar-refractivity contribution >= 4 is 46.1 Å². The summed E-state index contributed by atoms with van der Waals surface area (Å²) < 4.78 is 6.01. The Morgan fingerprint density at radius 1 is 1.19 bits per heavy atom. The minimum atomic E-state index is -0.605. The summed E-state index contributed by atoms with van der Waals surface area (Å²) in [4.78, 5) is 25.1. The first-order chi connectivity index (χ1) is 15.3. The number of nitro groups is 1. The van der Waals surface area contributed by atoms with Gasteiger partial charge in [0.1, 0.15) is 17.6 Å². The molecule has 4 rings (SSSR count). The molecule has 0 aliphatic carbocycles. The van der Waals surface area contributed by atoms with Crippen LogP contribution in [-0.2, 0) is 4.79 Å². The summed E-state index contributed by atoms with van der Waals surface area (Å²) in [5.74, 6) is 0.671. The molecule has 3 aromatic rings. The van der Waals surface area contributed by atoms with Crippen molar-refractivity contribution in [3.63, 3.8) is 0 Å². The molecule has 0 radical (unpaired) electrons. The molecule has 162 valence electrons. The maximum Gasteiger partial charge on any atom is 0.270 e. The number of rotatable bonds is 5. The van der Waals surface area contributed by atoms with Crippen LogP contribution in [-0.4, -0.2) is 15.8 Å². The second-order valence-electron chi connectivity index (χ2n) is 7.23. The molecule has 1 atom stereocenters. The zero-order valence-corrected chi connectivity index (χ0v) is 18.7. The number of carbonyl (C=O) groups excluding carboxylic acids is 1. The van der Waals surface area contributed by atoms with Crippen LogP contribution in [0.2, 0.25) is 5.02 Å². The Morgan fingerprint density at radius 2 is 1.91 bits per heavy atom. The van der Waals surface area contributed by atoms with E-state index in [2.05, 4.69) is 5.32 Å². The minimum Gasteiger partial charge on any atom is -0.458 e. The van der Waals surface area contributed by atoms with Crippen molar-refractivity contribution in [3.05, 3.63) is 92.8 Å². The summed E-state index contributed by atoms with van der Waals surface area (Å²) >= 11 is 11.9. The summed E-state index contributed by atoms with van der Waals surface area (Å²) in [6.07, 6.45) is 0. The number of thiocarbonyl (C=S) groups is 1. The number of Topliss-reactive ketones (excluding diaryl/α,β-unsaturated/α-hetero) is 1. The first-order valence-corrected chi connectivity index (χ1v) is 10.5. The lowest BCUT2D eigenvalue weighted by atomic mass is 9.96. The predicted molar refractivity (Wildman–Crippen MR) is 127 cm³/mol. The number of hydrogen-bond acceptors (Lipinski definition) is 5. The van der Waals surface area contributed by atoms with E-state index in [-0.39, 0.29) is 11.5 Å². The monoisotopic (exact) mass is 467 g/mol. The van der Waals surface area contributed by atoms with Crippen molar-refractivity contribution in [2.24, 2.45) is 0 Å². The Morgan fingerprint density at radius 3 is 2.56 bits per heavy atom. The van der Waals surface area contributed by atoms with Gasteiger partial charge in [-0.2, -0.15) is 0 Å². The zero-order valence-electron chi connectivity index (χ0n) is 17.2. The number of benzene rings is 2. The fourth-order valence-corrected chi connectivity index (χ4v) is 4.34. The van der Waals surface area contributed by atoms with Crippen molar-refractivity contribution in [2.45, 2.75) is 19.9 Å². The number of halogens is 1. The Labute approximate surface area is 194 Å². The molecule has 32 heavy (non-hydrogen) atoms. The molecule has 7 nitrogen and oxygen atoms in total. The number of allylic oxidation sites excluding steroid dienone is 1. The Kier molecular flexibility index (Phi) is 5.82. The summed E-state index contributed by atoms with van der Waals surface area (Å²) in [7, 11) is 0. The molecule has 2 heterocycles. The van der Waals surface area contributed by atoms with Crippen LogP contribution in [0.5, 0.6) is 0 Å². The van der Waals surface area contributed by atoms with E-state index < -0.39 is 11.0 Å². The van der Waals surface area contributed by atoms with Gasteiger partial charge in [-0.15, -0.1) is 0 Å². The lowest BCUT2D eigenvalue weighted by Gasteiger charge is -2.36. The molecular formula is C23H18ClN3O4S. The zero-order chi connectivity index (χ0) is 23.0. The van der Waals surface area contributed by atoms with Gasteiger partial charge in [-0.1, -0.05) is 29.8 Å². The fourth-order valence-electron chi connectivity index (χ4n) is 3.77. The van der Waals surface area contributed by atoms with Crippen LogP contribution in [0.1, 0.15) is 25.6 Å². The number of nitrogens with one attached hydrogen (secondary N) is 1. The quantitative estimate of drug-likeness (QED) is 0.288. The summed E-state index contributed by atoms with van der Waals surface area (Å²) in [6.45, 7) is 3.33. The van der Waals surface area contributed by atoms with E-state index in [1.165, 1.54) is 25.1 Å². The van der Waals surface area contributed by atoms with Crippen molar-refractivity contribution in [1.82, 2.24) is 5.32 Å². The van der Waals surface area contributed by atoms with Gasteiger partial charge in [-0.05, 0) is 56.4 Å². The topological polar surface area (TPSA) is 88.6 Å². The van der Waals surface area contributed by atoms with E-state index in [9.17, 15) is 14.9 Å². The molecule has 0 bridgehead atoms. The predicted octanol–water partition coefficient (Wildman–Crippen LogP) is 5.81. The molecule has 0 amide bonds. The molecular weight excluding hydrogens is 450 g/mol. The van der Waals surface area contributed by atoms with Crippen LogP contribution in [0.4, 0.5) is 11.4 Å². The second-order valence-corrected chi connectivity index (χ2v) is 8.03. The molecule has 0 fully saturated rings. The maximum absolute atomic E-state index is 12.6. The first-order valence-electron chi connectivity index (χ1n) is 9.69. The van der Waals surface area contributed by atoms with Gasteiger partial charge in [0.2, 0.25) is 0 Å². The van der Waals surface area contributed by atoms with Crippen molar-refractivity contribution in [3.8, 4) is 11.3 Å². The van der Waals surface area contributed by atoms with Gasteiger partial charge in [0.15, 0.2) is 10.9 Å². The highest BCUT2D eigenvalue weighted by Gasteiger charge is 2.34. The van der Waals surface area contributed by atoms with Crippen molar-refractivity contribution < 1.29 is 14.1 Å². The lowest BCUT2D eigenvalue weighted by Crippen LogP contribution is -2.47. The number of nitrogens with zero attached hydrogens (tertiary/aromatic N) is 2. The summed E-state index contributed by atoms with van der Waals surface area (Å²) in [5, 5.41) is 15.1. The van der Waals surface area contributed by atoms with Crippen LogP contribution in [0.3, 0.4) is 0 Å². The SMILES string of the molecule is CC(=O)C1=C(C)N(c2ccccc2)C(=S)N[C@H]1c1ccc(-c2cc([N+](=O)[O-])ccc2Cl)o1. The van der Waals surface area contributed by atoms with Crippen LogP contribution in [0.15, 0.2) is 76.4 Å². The number of anilines is 1. The molecule has 0 spiro atoms. The minimum absolute atomic E-state index is 0.0991. The van der Waals surface area contributed by atoms with Crippen molar-refractivity contribution in [2.75, 3.05) is 4.90 Å². The number of non-ortho nitro benzene ring substituents is 1. The Balaban J connectivity index is 1.77. The van der Waals surface area contributed by atoms with Gasteiger partial charge >= 0.3 is 0 Å². The third-order valence-electron chi connectivity index (χ3n) is 5.22. The van der Waals surface area contributed by atoms with Crippen LogP contribution >= 0.6 is 23.8 Å². The molecule has 1 aliphatic heterocycles. The highest BCUT2D eigenvalue weighted by molar-refractivity contribution is 7.80. The highest BCUT2D eigenvalue weighted by atomic mass is 35.5. The van der Waals surface area contributed by atoms with Gasteiger partial charge < -0.3 is 9.73 Å². The molecule has 1 aliphatic rings. The first kappa shape index (κ1) is 21.7. The number of nitro benzene ring substituents is 1. The lowest BCUT2D eigenvalue weighted by molar-refractivity contribution is -0.384. The van der Waals surface area contributed by atoms with Crippen molar-refractivity contribution in [1.29, 1.82) is 0 Å². The standard InChI is InChI=1S/C23H18ClN3O4S/c1-13-21(14(2)28)22(25-23(32)26(13)15-6-4-3-5-7-15)20-11-10-19(31-20)17-12-16(27(29)30)8-9-18(17)24/h3-12,22H,1-2H3,(H,25,32)/t22-/m0/s1. The van der Waals surface area contributed by atoms with Crippen LogP contribution < -0.4 is 10.2 Å². The average Bonchev–Trinajstić information content (AvgIpc) is 3.24. The van der Waals surface area contributed by atoms with Gasteiger partial charge in [0.25, 0.3) is 5.69 Å². The molecule has 1 N–H and O–H groups in total. The Hall–Kier alpha value is -3.49. The van der Waals surface area contributed by atoms with Gasteiger partial charge in [-0.3, -0.25) is 19.8 Å².